The lowest BCUT2D eigenvalue weighted by molar-refractivity contribution is -0.137. The molecule has 1 aliphatic heterocycles. The number of benzene rings is 1. The molecule has 0 radical (unpaired) electrons. The number of imide groups is 1. The van der Waals surface area contributed by atoms with Gasteiger partial charge in [0.05, 0.1) is 19.6 Å². The van der Waals surface area contributed by atoms with E-state index in [9.17, 15) is 24.3 Å². The normalized spacial score (nSPS) is 14.7. The quantitative estimate of drug-likeness (QED) is 0.291. The summed E-state index contributed by atoms with van der Waals surface area (Å²) in [5.74, 6) is -4.13. The molecule has 2 aromatic rings. The molecule has 2 amide bonds. The molecule has 1 aromatic carbocycles. The number of anilines is 2. The fourth-order valence-electron chi connectivity index (χ4n) is 3.59. The van der Waals surface area contributed by atoms with Crippen molar-refractivity contribution in [2.45, 2.75) is 13.3 Å². The fourth-order valence-corrected chi connectivity index (χ4v) is 3.59. The maximum Gasteiger partial charge on any atom is 0.339 e. The van der Waals surface area contributed by atoms with Gasteiger partial charge in [-0.2, -0.15) is 0 Å². The molecule has 0 saturated carbocycles. The summed E-state index contributed by atoms with van der Waals surface area (Å²) in [6.07, 6.45) is 5.62. The Kier molecular flexibility index (Phi) is 8.39. The molecule has 2 heterocycles. The predicted molar refractivity (Wildman–Crippen MR) is 139 cm³/mol. The zero-order chi connectivity index (χ0) is 28.0. The minimum atomic E-state index is -1.38. The third kappa shape index (κ3) is 5.76. The molecule has 11 heteroatoms. The molecule has 194 valence electrons. The van der Waals surface area contributed by atoms with Crippen LogP contribution in [0, 0.1) is 6.57 Å². The third-order valence-corrected chi connectivity index (χ3v) is 5.56. The smallest absolute Gasteiger partial charge is 0.339 e. The Hall–Kier alpha value is -5.24. The number of carboxylic acid groups (broad SMARTS) is 2. The summed E-state index contributed by atoms with van der Waals surface area (Å²) in [6, 6.07) is 7.91. The summed E-state index contributed by atoms with van der Waals surface area (Å²) in [5, 5.41) is 18.4. The number of carboxylic acids is 2. The van der Waals surface area contributed by atoms with Gasteiger partial charge in [-0.05, 0) is 36.8 Å². The number of aliphatic carboxylic acids is 1. The summed E-state index contributed by atoms with van der Waals surface area (Å²) >= 11 is 0. The van der Waals surface area contributed by atoms with Crippen molar-refractivity contribution >= 4 is 41.3 Å². The van der Waals surface area contributed by atoms with Crippen molar-refractivity contribution in [1.82, 2.24) is 4.98 Å². The second-order valence-electron chi connectivity index (χ2n) is 8.26. The van der Waals surface area contributed by atoms with Crippen molar-refractivity contribution in [2.24, 2.45) is 0 Å². The van der Waals surface area contributed by atoms with E-state index in [1.165, 1.54) is 37.4 Å². The van der Waals surface area contributed by atoms with Crippen LogP contribution in [0.25, 0.3) is 10.9 Å². The number of hydrogen-bond donors (Lipinski definition) is 2. The topological polar surface area (TPSA) is 142 Å². The van der Waals surface area contributed by atoms with Gasteiger partial charge in [0.1, 0.15) is 11.3 Å². The van der Waals surface area contributed by atoms with Crippen LogP contribution in [0.1, 0.15) is 29.3 Å². The molecule has 0 unspecified atom stereocenters. The Morgan fingerprint density at radius 2 is 1.92 bits per heavy atom. The number of rotatable bonds is 9. The zero-order valence-corrected chi connectivity index (χ0v) is 20.8. The molecule has 11 nitrogen and oxygen atoms in total. The number of amides is 2. The zero-order valence-electron chi connectivity index (χ0n) is 20.8. The highest BCUT2D eigenvalue weighted by molar-refractivity contribution is 6.31. The maximum atomic E-state index is 13.4. The van der Waals surface area contributed by atoms with Crippen LogP contribution < -0.4 is 14.5 Å². The highest BCUT2D eigenvalue weighted by Gasteiger charge is 2.39. The molecule has 1 aliphatic rings. The van der Waals surface area contributed by atoms with Gasteiger partial charge in [-0.25, -0.2) is 19.5 Å². The van der Waals surface area contributed by atoms with Gasteiger partial charge in [0, 0.05) is 43.2 Å². The number of hydrogen-bond acceptors (Lipinski definition) is 7. The Morgan fingerprint density at radius 1 is 1.18 bits per heavy atom. The number of aromatic nitrogens is 1. The highest BCUT2D eigenvalue weighted by Crippen LogP contribution is 2.31. The van der Waals surface area contributed by atoms with E-state index in [4.69, 9.17) is 16.4 Å². The molecule has 0 fully saturated rings. The van der Waals surface area contributed by atoms with Gasteiger partial charge in [-0.1, -0.05) is 18.2 Å². The summed E-state index contributed by atoms with van der Waals surface area (Å²) < 4.78 is 5.67. The summed E-state index contributed by atoms with van der Waals surface area (Å²) in [7, 11) is 3.69. The Labute approximate surface area is 218 Å². The standard InChI is InChI=1S/C27H24N4O7/c1-16-19(8-5-7-17-10-11-18(30(3)4)15-21(17)38-14-12-22(32)33)25(34)31(26(35)23(16)28-2)24-20(27(36)37)9-6-13-29-24/h5-11,13,15H,12,14H2,1,3-4H3,(H,32,33)(H,36,37)/b7-5?,19-8-. The van der Waals surface area contributed by atoms with Crippen molar-refractivity contribution < 1.29 is 34.1 Å². The number of allylic oxidation sites excluding steroid dienone is 2. The number of carbonyl (C=O) groups is 4. The largest absolute Gasteiger partial charge is 0.492 e. The van der Waals surface area contributed by atoms with Crippen LogP contribution in [0.2, 0.25) is 0 Å². The molecule has 0 atom stereocenters. The van der Waals surface area contributed by atoms with Crippen LogP contribution in [0.3, 0.4) is 0 Å². The summed E-state index contributed by atoms with van der Waals surface area (Å²) in [5.41, 5.74) is 0.875. The maximum absolute atomic E-state index is 13.4. The molecule has 3 rings (SSSR count). The Balaban J connectivity index is 2.03. The van der Waals surface area contributed by atoms with Crippen molar-refractivity contribution in [3.05, 3.63) is 88.1 Å². The molecular formula is C27H24N4O7. The predicted octanol–water partition coefficient (Wildman–Crippen LogP) is 3.41. The van der Waals surface area contributed by atoms with Crippen LogP contribution in [0.5, 0.6) is 5.75 Å². The lowest BCUT2D eigenvalue weighted by Crippen LogP contribution is -2.43. The number of pyridine rings is 1. The first-order valence-corrected chi connectivity index (χ1v) is 11.3. The molecule has 0 aliphatic carbocycles. The number of nitrogens with zero attached hydrogens (tertiary/aromatic N) is 4. The molecule has 2 N–H and O–H groups in total. The first-order chi connectivity index (χ1) is 18.1. The SMILES string of the molecule is [C-]#[N+]C1=C(C)/C(=C/C=Cc2ccc(N(C)C)cc2OCCC(=O)O)C(=O)N(c2ncccc2C(=O)O)C1=O. The van der Waals surface area contributed by atoms with E-state index in [1.54, 1.807) is 18.2 Å². The van der Waals surface area contributed by atoms with E-state index in [0.29, 0.717) is 16.2 Å². The van der Waals surface area contributed by atoms with Crippen LogP contribution in [0.4, 0.5) is 11.5 Å². The van der Waals surface area contributed by atoms with Crippen molar-refractivity contribution in [2.75, 3.05) is 30.5 Å². The average Bonchev–Trinajstić information content (AvgIpc) is 2.86. The van der Waals surface area contributed by atoms with Gasteiger partial charge in [0.2, 0.25) is 0 Å². The Bertz CT molecular complexity index is 1450. The molecule has 0 spiro atoms. The fraction of sp³-hybridized carbons (Fsp3) is 0.185. The lowest BCUT2D eigenvalue weighted by Gasteiger charge is -2.27. The van der Waals surface area contributed by atoms with Gasteiger partial charge >= 0.3 is 11.9 Å². The van der Waals surface area contributed by atoms with E-state index in [2.05, 4.69) is 9.83 Å². The van der Waals surface area contributed by atoms with Gasteiger partial charge < -0.3 is 19.8 Å². The minimum Gasteiger partial charge on any atom is -0.492 e. The average molecular weight is 517 g/mol. The molecule has 38 heavy (non-hydrogen) atoms. The molecular weight excluding hydrogens is 492 g/mol. The van der Waals surface area contributed by atoms with Gasteiger partial charge in [0.15, 0.2) is 5.82 Å². The van der Waals surface area contributed by atoms with E-state index < -0.39 is 23.8 Å². The third-order valence-electron chi connectivity index (χ3n) is 5.56. The van der Waals surface area contributed by atoms with E-state index in [1.807, 2.05) is 25.1 Å². The van der Waals surface area contributed by atoms with E-state index >= 15 is 0 Å². The van der Waals surface area contributed by atoms with Crippen LogP contribution >= 0.6 is 0 Å². The number of ether oxygens (including phenoxy) is 1. The van der Waals surface area contributed by atoms with Crippen LogP contribution in [0.15, 0.2) is 65.5 Å². The van der Waals surface area contributed by atoms with Crippen molar-refractivity contribution in [3.63, 3.8) is 0 Å². The van der Waals surface area contributed by atoms with Crippen LogP contribution in [-0.2, 0) is 14.4 Å². The van der Waals surface area contributed by atoms with E-state index in [-0.39, 0.29) is 41.3 Å². The number of aromatic carboxylic acids is 1. The van der Waals surface area contributed by atoms with Gasteiger partial charge in [-0.3, -0.25) is 14.4 Å². The number of carbonyl (C=O) groups excluding carboxylic acids is 2. The molecule has 1 aromatic heterocycles. The second-order valence-corrected chi connectivity index (χ2v) is 8.26. The Morgan fingerprint density at radius 3 is 2.55 bits per heavy atom. The second kappa shape index (κ2) is 11.7. The first kappa shape index (κ1) is 27.3. The van der Waals surface area contributed by atoms with E-state index in [0.717, 1.165) is 5.69 Å². The first-order valence-electron chi connectivity index (χ1n) is 11.3. The van der Waals surface area contributed by atoms with Crippen molar-refractivity contribution in [3.8, 4) is 5.75 Å². The lowest BCUT2D eigenvalue weighted by atomic mass is 9.97. The molecule has 0 saturated heterocycles. The molecule has 0 bridgehead atoms. The van der Waals surface area contributed by atoms with Gasteiger partial charge in [-0.15, -0.1) is 0 Å². The summed E-state index contributed by atoms with van der Waals surface area (Å²) in [6.45, 7) is 8.87. The van der Waals surface area contributed by atoms with Crippen LogP contribution in [-0.4, -0.2) is 59.7 Å². The minimum absolute atomic E-state index is 0.00657. The highest BCUT2D eigenvalue weighted by atomic mass is 16.5. The van der Waals surface area contributed by atoms with Gasteiger partial charge in [0.25, 0.3) is 17.5 Å². The van der Waals surface area contributed by atoms with Crippen molar-refractivity contribution in [1.29, 1.82) is 0 Å². The summed E-state index contributed by atoms with van der Waals surface area (Å²) in [4.78, 5) is 58.5. The monoisotopic (exact) mass is 516 g/mol.